The van der Waals surface area contributed by atoms with Gasteiger partial charge in [0.15, 0.2) is 5.96 Å². The van der Waals surface area contributed by atoms with Crippen LogP contribution in [-0.2, 0) is 24.4 Å². The van der Waals surface area contributed by atoms with Gasteiger partial charge in [-0.15, -0.1) is 0 Å². The van der Waals surface area contributed by atoms with E-state index in [0.717, 1.165) is 64.9 Å². The van der Waals surface area contributed by atoms with Crippen LogP contribution in [0.1, 0.15) is 30.0 Å². The van der Waals surface area contributed by atoms with Crippen LogP contribution in [0.2, 0.25) is 0 Å². The van der Waals surface area contributed by atoms with Crippen LogP contribution in [0.25, 0.3) is 0 Å². The van der Waals surface area contributed by atoms with Gasteiger partial charge in [-0.05, 0) is 30.0 Å². The van der Waals surface area contributed by atoms with Crippen LogP contribution in [0, 0.1) is 0 Å². The highest BCUT2D eigenvalue weighted by atomic mass is 16.5. The average Bonchev–Trinajstić information content (AvgIpc) is 3.16. The standard InChI is InChI=1S/C26H37N5O/c1-21-15-25(20-31(21)19-22-7-4-3-5-8-22)29-26(27-2)28-17-23-9-6-10-24(16-23)18-30-11-13-32-14-12-30/h3-10,16,21,25H,11-15,17-20H2,1-2H3,(H2,27,28,29). The summed E-state index contributed by atoms with van der Waals surface area (Å²) in [7, 11) is 1.85. The molecule has 172 valence electrons. The van der Waals surface area contributed by atoms with Gasteiger partial charge in [-0.3, -0.25) is 14.8 Å². The van der Waals surface area contributed by atoms with Crippen molar-refractivity contribution in [3.63, 3.8) is 0 Å². The van der Waals surface area contributed by atoms with E-state index in [1.165, 1.54) is 16.7 Å². The van der Waals surface area contributed by atoms with Crippen molar-refractivity contribution in [3.8, 4) is 0 Å². The molecule has 0 spiro atoms. The van der Waals surface area contributed by atoms with E-state index >= 15 is 0 Å². The Kier molecular flexibility index (Phi) is 8.15. The lowest BCUT2D eigenvalue weighted by Crippen LogP contribution is -2.44. The molecule has 2 unspecified atom stereocenters. The zero-order chi connectivity index (χ0) is 22.2. The number of benzene rings is 2. The van der Waals surface area contributed by atoms with Gasteiger partial charge in [-0.25, -0.2) is 0 Å². The number of nitrogens with one attached hydrogen (secondary N) is 2. The summed E-state index contributed by atoms with van der Waals surface area (Å²) in [6, 6.07) is 20.6. The van der Waals surface area contributed by atoms with Crippen LogP contribution in [0.15, 0.2) is 59.6 Å². The van der Waals surface area contributed by atoms with Crippen molar-refractivity contribution in [2.45, 2.75) is 45.1 Å². The lowest BCUT2D eigenvalue weighted by atomic mass is 10.1. The summed E-state index contributed by atoms with van der Waals surface area (Å²) in [4.78, 5) is 9.48. The van der Waals surface area contributed by atoms with E-state index in [0.29, 0.717) is 12.1 Å². The number of guanidine groups is 1. The summed E-state index contributed by atoms with van der Waals surface area (Å²) in [5.41, 5.74) is 4.01. The van der Waals surface area contributed by atoms with Gasteiger partial charge in [0.1, 0.15) is 0 Å². The third kappa shape index (κ3) is 6.55. The Bertz CT molecular complexity index is 866. The number of nitrogens with zero attached hydrogens (tertiary/aromatic N) is 3. The lowest BCUT2D eigenvalue weighted by Gasteiger charge is -2.26. The maximum absolute atomic E-state index is 5.46. The largest absolute Gasteiger partial charge is 0.379 e. The Hall–Kier alpha value is -2.41. The highest BCUT2D eigenvalue weighted by Gasteiger charge is 2.29. The molecule has 0 aromatic heterocycles. The first-order chi connectivity index (χ1) is 15.7. The van der Waals surface area contributed by atoms with E-state index in [2.05, 4.69) is 86.9 Å². The fourth-order valence-corrected chi connectivity index (χ4v) is 4.67. The SMILES string of the molecule is CN=C(NCc1cccc(CN2CCOCC2)c1)NC1CC(C)N(Cc2ccccc2)C1. The van der Waals surface area contributed by atoms with Gasteiger partial charge in [0.25, 0.3) is 0 Å². The first-order valence-corrected chi connectivity index (χ1v) is 11.8. The molecule has 2 saturated heterocycles. The molecule has 0 aliphatic carbocycles. The quantitative estimate of drug-likeness (QED) is 0.517. The second-order valence-electron chi connectivity index (χ2n) is 8.98. The minimum Gasteiger partial charge on any atom is -0.379 e. The highest BCUT2D eigenvalue weighted by Crippen LogP contribution is 2.20. The van der Waals surface area contributed by atoms with Crippen molar-refractivity contribution in [2.24, 2.45) is 4.99 Å². The summed E-state index contributed by atoms with van der Waals surface area (Å²) in [6.45, 7) is 9.82. The van der Waals surface area contributed by atoms with E-state index in [1.54, 1.807) is 0 Å². The van der Waals surface area contributed by atoms with Gasteiger partial charge in [0.2, 0.25) is 0 Å². The van der Waals surface area contributed by atoms with Gasteiger partial charge < -0.3 is 15.4 Å². The van der Waals surface area contributed by atoms with Gasteiger partial charge in [-0.1, -0.05) is 54.6 Å². The van der Waals surface area contributed by atoms with Crippen molar-refractivity contribution < 1.29 is 4.74 Å². The maximum Gasteiger partial charge on any atom is 0.191 e. The molecule has 32 heavy (non-hydrogen) atoms. The average molecular weight is 436 g/mol. The second-order valence-corrected chi connectivity index (χ2v) is 8.98. The Labute approximate surface area is 192 Å². The molecule has 0 bridgehead atoms. The van der Waals surface area contributed by atoms with E-state index in [-0.39, 0.29) is 0 Å². The molecule has 2 aromatic rings. The topological polar surface area (TPSA) is 52.1 Å². The Morgan fingerprint density at radius 3 is 2.53 bits per heavy atom. The number of rotatable bonds is 7. The van der Waals surface area contributed by atoms with Crippen LogP contribution in [-0.4, -0.2) is 67.7 Å². The van der Waals surface area contributed by atoms with Crippen LogP contribution in [0.5, 0.6) is 0 Å². The van der Waals surface area contributed by atoms with E-state index in [4.69, 9.17) is 4.74 Å². The number of hydrogen-bond acceptors (Lipinski definition) is 4. The highest BCUT2D eigenvalue weighted by molar-refractivity contribution is 5.80. The summed E-state index contributed by atoms with van der Waals surface area (Å²) >= 11 is 0. The number of ether oxygens (including phenoxy) is 1. The summed E-state index contributed by atoms with van der Waals surface area (Å²) in [6.07, 6.45) is 1.13. The van der Waals surface area contributed by atoms with Crippen LogP contribution in [0.4, 0.5) is 0 Å². The molecule has 2 aromatic carbocycles. The third-order valence-corrected chi connectivity index (χ3v) is 6.46. The zero-order valence-corrected chi connectivity index (χ0v) is 19.5. The van der Waals surface area contributed by atoms with Crippen LogP contribution < -0.4 is 10.6 Å². The number of aliphatic imine (C=N–C) groups is 1. The van der Waals surface area contributed by atoms with Crippen molar-refractivity contribution in [1.82, 2.24) is 20.4 Å². The number of morpholine rings is 1. The molecule has 2 heterocycles. The summed E-state index contributed by atoms with van der Waals surface area (Å²) < 4.78 is 5.46. The van der Waals surface area contributed by atoms with Crippen LogP contribution >= 0.6 is 0 Å². The van der Waals surface area contributed by atoms with Gasteiger partial charge >= 0.3 is 0 Å². The predicted octanol–water partition coefficient (Wildman–Crippen LogP) is 2.85. The summed E-state index contributed by atoms with van der Waals surface area (Å²) in [5, 5.41) is 7.15. The fraction of sp³-hybridized carbons (Fsp3) is 0.500. The molecule has 0 amide bonds. The molecule has 2 aliphatic heterocycles. The van der Waals surface area contributed by atoms with Crippen molar-refractivity contribution in [3.05, 3.63) is 71.3 Å². The third-order valence-electron chi connectivity index (χ3n) is 6.46. The van der Waals surface area contributed by atoms with Crippen molar-refractivity contribution in [1.29, 1.82) is 0 Å². The molecular weight excluding hydrogens is 398 g/mol. The molecule has 2 aliphatic rings. The maximum atomic E-state index is 5.46. The summed E-state index contributed by atoms with van der Waals surface area (Å²) in [5.74, 6) is 0.877. The number of hydrogen-bond donors (Lipinski definition) is 2. The molecule has 2 N–H and O–H groups in total. The van der Waals surface area contributed by atoms with Crippen molar-refractivity contribution in [2.75, 3.05) is 39.9 Å². The molecule has 0 saturated carbocycles. The Balaban J connectivity index is 1.26. The fourth-order valence-electron chi connectivity index (χ4n) is 4.67. The first-order valence-electron chi connectivity index (χ1n) is 11.8. The Morgan fingerprint density at radius 2 is 1.75 bits per heavy atom. The smallest absolute Gasteiger partial charge is 0.191 e. The normalized spacial score (nSPS) is 22.8. The van der Waals surface area contributed by atoms with Gasteiger partial charge in [0.05, 0.1) is 13.2 Å². The van der Waals surface area contributed by atoms with Gasteiger partial charge in [0, 0.05) is 58.4 Å². The molecule has 2 atom stereocenters. The second kappa shape index (κ2) is 11.5. The minimum atomic E-state index is 0.410. The van der Waals surface area contributed by atoms with Gasteiger partial charge in [-0.2, -0.15) is 0 Å². The first kappa shape index (κ1) is 22.8. The lowest BCUT2D eigenvalue weighted by molar-refractivity contribution is 0.0342. The molecular formula is C26H37N5O. The zero-order valence-electron chi connectivity index (χ0n) is 19.5. The monoisotopic (exact) mass is 435 g/mol. The molecule has 6 nitrogen and oxygen atoms in total. The minimum absolute atomic E-state index is 0.410. The molecule has 4 rings (SSSR count). The predicted molar refractivity (Wildman–Crippen MR) is 131 cm³/mol. The van der Waals surface area contributed by atoms with E-state index in [1.807, 2.05) is 7.05 Å². The molecule has 0 radical (unpaired) electrons. The Morgan fingerprint density at radius 1 is 1.00 bits per heavy atom. The molecule has 6 heteroatoms. The molecule has 2 fully saturated rings. The van der Waals surface area contributed by atoms with Crippen molar-refractivity contribution >= 4 is 5.96 Å². The van der Waals surface area contributed by atoms with Crippen LogP contribution in [0.3, 0.4) is 0 Å². The van der Waals surface area contributed by atoms with E-state index in [9.17, 15) is 0 Å². The van der Waals surface area contributed by atoms with E-state index < -0.39 is 0 Å². The number of likely N-dealkylation sites (tertiary alicyclic amines) is 1.